The van der Waals surface area contributed by atoms with Gasteiger partial charge in [-0.25, -0.2) is 4.79 Å². The second-order valence-corrected chi connectivity index (χ2v) is 6.16. The average Bonchev–Trinajstić information content (AvgIpc) is 2.37. The second kappa shape index (κ2) is 7.88. The molecule has 5 heteroatoms. The third kappa shape index (κ3) is 6.99. The molecule has 0 bridgehead atoms. The van der Waals surface area contributed by atoms with E-state index in [1.807, 2.05) is 45.9 Å². The van der Waals surface area contributed by atoms with Gasteiger partial charge in [-0.3, -0.25) is 0 Å². The smallest absolute Gasteiger partial charge is 0.319 e. The van der Waals surface area contributed by atoms with E-state index < -0.39 is 0 Å². The van der Waals surface area contributed by atoms with E-state index in [0.717, 1.165) is 0 Å². The number of aliphatic hydroxyl groups excluding tert-OH is 1. The van der Waals surface area contributed by atoms with E-state index in [9.17, 15) is 4.79 Å². The Hall–Kier alpha value is -1.75. The fraction of sp³-hybridized carbons (Fsp3) is 0.562. The molecule has 0 aliphatic heterocycles. The summed E-state index contributed by atoms with van der Waals surface area (Å²) in [5, 5.41) is 14.4. The van der Waals surface area contributed by atoms with Gasteiger partial charge in [0.05, 0.1) is 5.69 Å². The van der Waals surface area contributed by atoms with Crippen molar-refractivity contribution in [3.63, 3.8) is 0 Å². The van der Waals surface area contributed by atoms with Gasteiger partial charge in [0, 0.05) is 13.2 Å². The predicted octanol–water partition coefficient (Wildman–Crippen LogP) is 3.00. The molecule has 0 saturated heterocycles. The van der Waals surface area contributed by atoms with Crippen LogP contribution in [0.1, 0.15) is 34.1 Å². The Morgan fingerprint density at radius 1 is 1.33 bits per heavy atom. The van der Waals surface area contributed by atoms with Crippen LogP contribution < -0.4 is 15.4 Å². The van der Waals surface area contributed by atoms with Crippen LogP contribution in [0.15, 0.2) is 24.3 Å². The van der Waals surface area contributed by atoms with Crippen LogP contribution in [0.5, 0.6) is 5.75 Å². The summed E-state index contributed by atoms with van der Waals surface area (Å²) in [6, 6.07) is 7.07. The van der Waals surface area contributed by atoms with E-state index in [1.165, 1.54) is 0 Å². The highest BCUT2D eigenvalue weighted by Gasteiger charge is 2.15. The molecule has 0 saturated carbocycles. The summed E-state index contributed by atoms with van der Waals surface area (Å²) in [6.45, 7) is 8.51. The average molecular weight is 294 g/mol. The zero-order valence-electron chi connectivity index (χ0n) is 13.3. The van der Waals surface area contributed by atoms with Crippen LogP contribution in [0.3, 0.4) is 0 Å². The number of hydrogen-bond donors (Lipinski definition) is 3. The molecular weight excluding hydrogens is 268 g/mol. The first kappa shape index (κ1) is 17.3. The fourth-order valence-corrected chi connectivity index (χ4v) is 1.74. The van der Waals surface area contributed by atoms with Crippen LogP contribution in [0.25, 0.3) is 0 Å². The number of nitrogens with one attached hydrogen (secondary N) is 2. The minimum Gasteiger partial charge on any atom is -0.486 e. The van der Waals surface area contributed by atoms with E-state index in [4.69, 9.17) is 9.84 Å². The summed E-state index contributed by atoms with van der Waals surface area (Å²) in [6.07, 6.45) is 0.671. The van der Waals surface area contributed by atoms with Gasteiger partial charge in [-0.15, -0.1) is 0 Å². The number of carbonyl (C=O) groups is 1. The standard InChI is InChI=1S/C16H26N2O3/c1-12(9-10-19)11-17-15(20)18-13-7-5-6-8-14(13)21-16(2,3)4/h5-8,12,19H,9-11H2,1-4H3,(H2,17,18,20). The monoisotopic (exact) mass is 294 g/mol. The van der Waals surface area contributed by atoms with Crippen LogP contribution >= 0.6 is 0 Å². The lowest BCUT2D eigenvalue weighted by Crippen LogP contribution is -2.33. The molecule has 1 rings (SSSR count). The summed E-state index contributed by atoms with van der Waals surface area (Å²) in [5.74, 6) is 0.880. The Morgan fingerprint density at radius 3 is 2.62 bits per heavy atom. The van der Waals surface area contributed by atoms with Gasteiger partial charge in [-0.2, -0.15) is 0 Å². The molecule has 118 valence electrons. The first-order valence-corrected chi connectivity index (χ1v) is 7.25. The minimum absolute atomic E-state index is 0.132. The number of carbonyl (C=O) groups excluding carboxylic acids is 1. The molecule has 1 aromatic carbocycles. The van der Waals surface area contributed by atoms with Crippen molar-refractivity contribution in [2.45, 2.75) is 39.7 Å². The lowest BCUT2D eigenvalue weighted by molar-refractivity contribution is 0.132. The maximum atomic E-state index is 11.9. The number of urea groups is 1. The first-order valence-electron chi connectivity index (χ1n) is 7.25. The molecule has 3 N–H and O–H groups in total. The molecule has 1 atom stereocenters. The number of anilines is 1. The molecule has 21 heavy (non-hydrogen) atoms. The highest BCUT2D eigenvalue weighted by molar-refractivity contribution is 5.90. The summed E-state index contributed by atoms with van der Waals surface area (Å²) >= 11 is 0. The van der Waals surface area contributed by atoms with E-state index >= 15 is 0 Å². The summed E-state index contributed by atoms with van der Waals surface area (Å²) in [5.41, 5.74) is 0.309. The number of ether oxygens (including phenoxy) is 1. The number of amides is 2. The minimum atomic E-state index is -0.329. The number of benzene rings is 1. The molecule has 1 unspecified atom stereocenters. The van der Waals surface area contributed by atoms with Crippen molar-refractivity contribution in [1.29, 1.82) is 0 Å². The zero-order chi connectivity index (χ0) is 15.9. The normalized spacial score (nSPS) is 12.6. The van der Waals surface area contributed by atoms with Crippen molar-refractivity contribution >= 4 is 11.7 Å². The van der Waals surface area contributed by atoms with Crippen molar-refractivity contribution in [1.82, 2.24) is 5.32 Å². The Labute approximate surface area is 126 Å². The van der Waals surface area contributed by atoms with Gasteiger partial charge in [0.2, 0.25) is 0 Å². The largest absolute Gasteiger partial charge is 0.486 e. The van der Waals surface area contributed by atoms with Crippen molar-refractivity contribution in [3.05, 3.63) is 24.3 Å². The molecular formula is C16H26N2O3. The summed E-state index contributed by atoms with van der Waals surface area (Å²) < 4.78 is 5.82. The van der Waals surface area contributed by atoms with Crippen LogP contribution in [0.2, 0.25) is 0 Å². The maximum Gasteiger partial charge on any atom is 0.319 e. The topological polar surface area (TPSA) is 70.6 Å². The van der Waals surface area contributed by atoms with Gasteiger partial charge < -0.3 is 20.5 Å². The third-order valence-corrected chi connectivity index (χ3v) is 2.78. The van der Waals surface area contributed by atoms with Gasteiger partial charge in [-0.1, -0.05) is 19.1 Å². The molecule has 2 amide bonds. The fourth-order valence-electron chi connectivity index (χ4n) is 1.74. The first-order chi connectivity index (χ1) is 9.81. The third-order valence-electron chi connectivity index (χ3n) is 2.78. The predicted molar refractivity (Wildman–Crippen MR) is 84.7 cm³/mol. The van der Waals surface area contributed by atoms with Gasteiger partial charge >= 0.3 is 6.03 Å². The number of para-hydroxylation sites is 2. The highest BCUT2D eigenvalue weighted by Crippen LogP contribution is 2.27. The molecule has 0 aliphatic rings. The summed E-state index contributed by atoms with van der Waals surface area (Å²) in [7, 11) is 0. The maximum absolute atomic E-state index is 11.9. The molecule has 0 spiro atoms. The number of rotatable bonds is 6. The Morgan fingerprint density at radius 2 is 2.00 bits per heavy atom. The van der Waals surface area contributed by atoms with Crippen LogP contribution in [-0.4, -0.2) is 29.9 Å². The van der Waals surface area contributed by atoms with Crippen molar-refractivity contribution in [3.8, 4) is 5.75 Å². The SMILES string of the molecule is CC(CCO)CNC(=O)Nc1ccccc1OC(C)(C)C. The molecule has 1 aromatic rings. The number of hydrogen-bond acceptors (Lipinski definition) is 3. The molecule has 0 aromatic heterocycles. The second-order valence-electron chi connectivity index (χ2n) is 6.16. The zero-order valence-corrected chi connectivity index (χ0v) is 13.3. The number of aliphatic hydroxyl groups is 1. The highest BCUT2D eigenvalue weighted by atomic mass is 16.5. The van der Waals surface area contributed by atoms with Gasteiger partial charge in [0.15, 0.2) is 0 Å². The summed E-state index contributed by atoms with van der Waals surface area (Å²) in [4.78, 5) is 11.9. The molecule has 5 nitrogen and oxygen atoms in total. The van der Waals surface area contributed by atoms with E-state index in [2.05, 4.69) is 10.6 Å². The molecule has 0 fully saturated rings. The van der Waals surface area contributed by atoms with E-state index in [1.54, 1.807) is 6.07 Å². The lowest BCUT2D eigenvalue weighted by atomic mass is 10.1. The van der Waals surface area contributed by atoms with Gasteiger partial charge in [0.25, 0.3) is 0 Å². The Balaban J connectivity index is 2.60. The van der Waals surface area contributed by atoms with E-state index in [-0.39, 0.29) is 24.2 Å². The quantitative estimate of drug-likeness (QED) is 0.755. The lowest BCUT2D eigenvalue weighted by Gasteiger charge is -2.23. The van der Waals surface area contributed by atoms with Gasteiger partial charge in [-0.05, 0) is 45.2 Å². The Kier molecular flexibility index (Phi) is 6.49. The van der Waals surface area contributed by atoms with Crippen LogP contribution in [0, 0.1) is 5.92 Å². The van der Waals surface area contributed by atoms with Crippen LogP contribution in [0.4, 0.5) is 10.5 Å². The Bertz CT molecular complexity index is 455. The van der Waals surface area contributed by atoms with E-state index in [0.29, 0.717) is 24.4 Å². The van der Waals surface area contributed by atoms with Crippen molar-refractivity contribution in [2.24, 2.45) is 5.92 Å². The molecule has 0 aliphatic carbocycles. The van der Waals surface area contributed by atoms with Crippen LogP contribution in [-0.2, 0) is 0 Å². The van der Waals surface area contributed by atoms with Gasteiger partial charge in [0.1, 0.15) is 11.4 Å². The molecule has 0 heterocycles. The van der Waals surface area contributed by atoms with Crippen molar-refractivity contribution in [2.75, 3.05) is 18.5 Å². The van der Waals surface area contributed by atoms with Crippen molar-refractivity contribution < 1.29 is 14.6 Å². The molecule has 0 radical (unpaired) electrons.